The van der Waals surface area contributed by atoms with E-state index in [1.54, 1.807) is 6.20 Å². The lowest BCUT2D eigenvalue weighted by Crippen LogP contribution is -2.31. The molecule has 0 aliphatic rings. The molecule has 1 aromatic carbocycles. The molecule has 1 heterocycles. The molecule has 0 bridgehead atoms. The van der Waals surface area contributed by atoms with Crippen molar-refractivity contribution in [2.45, 2.75) is 46.5 Å². The molecule has 0 saturated carbocycles. The Morgan fingerprint density at radius 3 is 2.41 bits per heavy atom. The summed E-state index contributed by atoms with van der Waals surface area (Å²) in [5.74, 6) is 0.677. The summed E-state index contributed by atoms with van der Waals surface area (Å²) in [6.07, 6.45) is 2.88. The van der Waals surface area contributed by atoms with Crippen molar-refractivity contribution in [3.05, 3.63) is 59.3 Å². The minimum absolute atomic E-state index is 0.0755. The van der Waals surface area contributed by atoms with Crippen LogP contribution in [0.1, 0.15) is 49.8 Å². The Balaban J connectivity index is 1.79. The third-order valence-electron chi connectivity index (χ3n) is 4.44. The lowest BCUT2D eigenvalue weighted by Gasteiger charge is -2.14. The summed E-state index contributed by atoms with van der Waals surface area (Å²) in [6, 6.07) is 11.9. The van der Waals surface area contributed by atoms with E-state index in [1.165, 1.54) is 5.56 Å². The van der Waals surface area contributed by atoms with E-state index in [0.717, 1.165) is 17.5 Å². The minimum atomic E-state index is -0.251. The number of hydrogen-bond acceptors (Lipinski definition) is 3. The highest BCUT2D eigenvalue weighted by molar-refractivity contribution is 5.91. The monoisotopic (exact) mass is 367 g/mol. The Morgan fingerprint density at radius 2 is 1.78 bits per heavy atom. The molecular formula is C22H29N3O2. The number of nitrogens with zero attached hydrogens (tertiary/aromatic N) is 1. The Hall–Kier alpha value is -2.69. The first-order chi connectivity index (χ1) is 12.9. The maximum atomic E-state index is 12.3. The maximum absolute atomic E-state index is 12.3. The largest absolute Gasteiger partial charge is 0.355 e. The van der Waals surface area contributed by atoms with Gasteiger partial charge in [-0.25, -0.2) is 4.98 Å². The van der Waals surface area contributed by atoms with Gasteiger partial charge in [-0.1, -0.05) is 44.2 Å². The summed E-state index contributed by atoms with van der Waals surface area (Å²) < 4.78 is 0. The van der Waals surface area contributed by atoms with Crippen LogP contribution >= 0.6 is 0 Å². The molecular weight excluding hydrogens is 338 g/mol. The normalized spacial score (nSPS) is 11.9. The summed E-state index contributed by atoms with van der Waals surface area (Å²) in [4.78, 5) is 28.5. The fourth-order valence-corrected chi connectivity index (χ4v) is 2.83. The van der Waals surface area contributed by atoms with Gasteiger partial charge in [-0.3, -0.25) is 9.59 Å². The number of amides is 2. The Labute approximate surface area is 161 Å². The van der Waals surface area contributed by atoms with Crippen LogP contribution in [0.15, 0.2) is 42.6 Å². The van der Waals surface area contributed by atoms with Crippen molar-refractivity contribution in [2.75, 3.05) is 11.9 Å². The molecule has 0 radical (unpaired) electrons. The van der Waals surface area contributed by atoms with Gasteiger partial charge >= 0.3 is 0 Å². The molecule has 2 amide bonds. The Bertz CT molecular complexity index is 769. The first-order valence-electron chi connectivity index (χ1n) is 9.45. The van der Waals surface area contributed by atoms with Crippen LogP contribution in [0.25, 0.3) is 0 Å². The van der Waals surface area contributed by atoms with E-state index in [0.29, 0.717) is 18.3 Å². The van der Waals surface area contributed by atoms with Gasteiger partial charge in [0.2, 0.25) is 11.8 Å². The molecule has 2 rings (SSSR count). The predicted octanol–water partition coefficient (Wildman–Crippen LogP) is 3.84. The second kappa shape index (κ2) is 9.86. The molecule has 0 aliphatic heterocycles. The number of anilines is 1. The summed E-state index contributed by atoms with van der Waals surface area (Å²) >= 11 is 0. The lowest BCUT2D eigenvalue weighted by molar-refractivity contribution is -0.122. The molecule has 5 nitrogen and oxygen atoms in total. The van der Waals surface area contributed by atoms with Gasteiger partial charge in [-0.15, -0.1) is 0 Å². The molecule has 0 saturated heterocycles. The van der Waals surface area contributed by atoms with E-state index >= 15 is 0 Å². The van der Waals surface area contributed by atoms with Crippen LogP contribution in [0.3, 0.4) is 0 Å². The first-order valence-corrected chi connectivity index (χ1v) is 9.45. The molecule has 1 unspecified atom stereocenters. The number of hydrogen-bond donors (Lipinski definition) is 2. The van der Waals surface area contributed by atoms with E-state index < -0.39 is 0 Å². The number of rotatable bonds is 8. The second-order valence-corrected chi connectivity index (χ2v) is 7.32. The third kappa shape index (κ3) is 6.51. The highest BCUT2D eigenvalue weighted by Gasteiger charge is 2.15. The number of nitrogens with one attached hydrogen (secondary N) is 2. The smallest absolute Gasteiger partial charge is 0.227 e. The topological polar surface area (TPSA) is 71.1 Å². The zero-order chi connectivity index (χ0) is 19.8. The van der Waals surface area contributed by atoms with Gasteiger partial charge in [0.25, 0.3) is 0 Å². The van der Waals surface area contributed by atoms with Crippen LogP contribution in [0, 0.1) is 12.8 Å². The molecule has 27 heavy (non-hydrogen) atoms. The summed E-state index contributed by atoms with van der Waals surface area (Å²) in [7, 11) is 0. The van der Waals surface area contributed by atoms with Crippen LogP contribution in [-0.2, 0) is 16.0 Å². The zero-order valence-electron chi connectivity index (χ0n) is 16.6. The van der Waals surface area contributed by atoms with Crippen LogP contribution < -0.4 is 10.6 Å². The van der Waals surface area contributed by atoms with Gasteiger partial charge in [0.15, 0.2) is 0 Å². The van der Waals surface area contributed by atoms with Gasteiger partial charge in [0.1, 0.15) is 5.82 Å². The van der Waals surface area contributed by atoms with Crippen molar-refractivity contribution < 1.29 is 9.59 Å². The lowest BCUT2D eigenvalue weighted by atomic mass is 9.96. The number of carbonyl (C=O) groups is 2. The minimum Gasteiger partial charge on any atom is -0.355 e. The molecule has 144 valence electrons. The van der Waals surface area contributed by atoms with Crippen molar-refractivity contribution in [2.24, 2.45) is 5.92 Å². The van der Waals surface area contributed by atoms with E-state index in [4.69, 9.17) is 0 Å². The van der Waals surface area contributed by atoms with Crippen molar-refractivity contribution >= 4 is 17.6 Å². The van der Waals surface area contributed by atoms with Gasteiger partial charge in [-0.05, 0) is 48.9 Å². The molecule has 2 aromatic rings. The predicted molar refractivity (Wildman–Crippen MR) is 109 cm³/mol. The summed E-state index contributed by atoms with van der Waals surface area (Å²) in [5.41, 5.74) is 3.17. The van der Waals surface area contributed by atoms with Crippen LogP contribution in [0.5, 0.6) is 0 Å². The van der Waals surface area contributed by atoms with Gasteiger partial charge in [0.05, 0.1) is 5.92 Å². The highest BCUT2D eigenvalue weighted by atomic mass is 16.2. The fourth-order valence-electron chi connectivity index (χ4n) is 2.83. The molecule has 5 heteroatoms. The number of aromatic nitrogens is 1. The van der Waals surface area contributed by atoms with Crippen molar-refractivity contribution in [1.82, 2.24) is 10.3 Å². The van der Waals surface area contributed by atoms with Gasteiger partial charge < -0.3 is 10.6 Å². The third-order valence-corrected chi connectivity index (χ3v) is 4.44. The molecule has 1 atom stereocenters. The molecule has 0 fully saturated rings. The van der Waals surface area contributed by atoms with Crippen LogP contribution in [0.4, 0.5) is 5.82 Å². The Kier molecular flexibility index (Phi) is 7.53. The first kappa shape index (κ1) is 20.6. The quantitative estimate of drug-likeness (QED) is 0.745. The highest BCUT2D eigenvalue weighted by Crippen LogP contribution is 2.17. The summed E-state index contributed by atoms with van der Waals surface area (Å²) in [5, 5.41) is 5.60. The molecule has 0 aliphatic carbocycles. The summed E-state index contributed by atoms with van der Waals surface area (Å²) in [6.45, 7) is 8.44. The van der Waals surface area contributed by atoms with Crippen molar-refractivity contribution in [3.63, 3.8) is 0 Å². The SMILES string of the molecule is Cc1cccnc1NC(=O)CCNC(=O)C(C)c1ccc(CC(C)C)cc1. The van der Waals surface area contributed by atoms with Gasteiger partial charge in [0, 0.05) is 19.2 Å². The van der Waals surface area contributed by atoms with Crippen LogP contribution in [-0.4, -0.2) is 23.3 Å². The standard InChI is InChI=1S/C22H29N3O2/c1-15(2)14-18-7-9-19(10-8-18)17(4)22(27)24-13-11-20(26)25-21-16(3)6-5-12-23-21/h5-10,12,15,17H,11,13-14H2,1-4H3,(H,24,27)(H,23,25,26). The van der Waals surface area contributed by atoms with E-state index in [1.807, 2.05) is 38.1 Å². The zero-order valence-corrected chi connectivity index (χ0v) is 16.6. The average molecular weight is 367 g/mol. The number of carbonyl (C=O) groups excluding carboxylic acids is 2. The molecule has 1 aromatic heterocycles. The maximum Gasteiger partial charge on any atom is 0.227 e. The number of aryl methyl sites for hydroxylation is 1. The van der Waals surface area contributed by atoms with E-state index in [9.17, 15) is 9.59 Å². The molecule has 2 N–H and O–H groups in total. The molecule has 0 spiro atoms. The van der Waals surface area contributed by atoms with Crippen molar-refractivity contribution in [1.29, 1.82) is 0 Å². The average Bonchev–Trinajstić information content (AvgIpc) is 2.63. The van der Waals surface area contributed by atoms with E-state index in [2.05, 4.69) is 41.6 Å². The van der Waals surface area contributed by atoms with Gasteiger partial charge in [-0.2, -0.15) is 0 Å². The fraction of sp³-hybridized carbons (Fsp3) is 0.409. The van der Waals surface area contributed by atoms with Crippen LogP contribution in [0.2, 0.25) is 0 Å². The van der Waals surface area contributed by atoms with E-state index in [-0.39, 0.29) is 24.2 Å². The Morgan fingerprint density at radius 1 is 1.07 bits per heavy atom. The number of benzene rings is 1. The number of pyridine rings is 1. The second-order valence-electron chi connectivity index (χ2n) is 7.32. The van der Waals surface area contributed by atoms with Crippen molar-refractivity contribution in [3.8, 4) is 0 Å².